The van der Waals surface area contributed by atoms with Gasteiger partial charge in [-0.05, 0) is 52.6 Å². The first-order valence-corrected chi connectivity index (χ1v) is 14.1. The molecule has 3 aliphatic carbocycles. The number of imide groups is 1. The van der Waals surface area contributed by atoms with Crippen LogP contribution in [0.25, 0.3) is 0 Å². The number of anilines is 1. The zero-order valence-corrected chi connectivity index (χ0v) is 23.8. The van der Waals surface area contributed by atoms with Crippen LogP contribution in [-0.2, 0) is 15.0 Å². The van der Waals surface area contributed by atoms with Crippen molar-refractivity contribution in [3.8, 4) is 5.75 Å². The number of hydrazone groups is 1. The van der Waals surface area contributed by atoms with Crippen molar-refractivity contribution in [3.63, 3.8) is 0 Å². The molecule has 4 aromatic rings. The zero-order valence-electron chi connectivity index (χ0n) is 22.3. The summed E-state index contributed by atoms with van der Waals surface area (Å²) < 4.78 is 5.54. The van der Waals surface area contributed by atoms with Crippen LogP contribution in [0, 0.1) is 11.8 Å². The SMILES string of the molecule is COc1ccccc1N1C(=O)[C@@H]2[C@@H](C1=O)C1c3ccccc3C2(/C=N\NC(=O)c2ccc(Cl)cc2Cl)c2ccccc21. The molecule has 0 unspecified atom stereocenters. The molecular formula is C33H23Cl2N3O4. The summed E-state index contributed by atoms with van der Waals surface area (Å²) in [6.07, 6.45) is 1.61. The number of benzene rings is 4. The first kappa shape index (κ1) is 26.4. The number of hydrogen-bond donors (Lipinski definition) is 1. The van der Waals surface area contributed by atoms with E-state index in [0.29, 0.717) is 16.5 Å². The number of halogens is 2. The van der Waals surface area contributed by atoms with Gasteiger partial charge in [0.05, 0.1) is 40.6 Å². The van der Waals surface area contributed by atoms with E-state index in [2.05, 4.69) is 10.5 Å². The first-order valence-electron chi connectivity index (χ1n) is 13.4. The minimum absolute atomic E-state index is 0.186. The fraction of sp³-hybridized carbons (Fsp3) is 0.152. The monoisotopic (exact) mass is 595 g/mol. The van der Waals surface area contributed by atoms with Gasteiger partial charge in [-0.3, -0.25) is 14.4 Å². The number of carbonyl (C=O) groups excluding carboxylic acids is 3. The number of rotatable bonds is 5. The van der Waals surface area contributed by atoms with Crippen molar-refractivity contribution in [2.45, 2.75) is 11.3 Å². The van der Waals surface area contributed by atoms with E-state index in [1.165, 1.54) is 24.1 Å². The van der Waals surface area contributed by atoms with E-state index in [9.17, 15) is 14.4 Å². The molecule has 0 spiro atoms. The summed E-state index contributed by atoms with van der Waals surface area (Å²) in [4.78, 5) is 43.1. The quantitative estimate of drug-likeness (QED) is 0.175. The molecule has 1 aliphatic heterocycles. The normalized spacial score (nSPS) is 23.5. The van der Waals surface area contributed by atoms with E-state index >= 15 is 0 Å². The van der Waals surface area contributed by atoms with Gasteiger partial charge >= 0.3 is 0 Å². The molecule has 0 saturated carbocycles. The summed E-state index contributed by atoms with van der Waals surface area (Å²) in [6.45, 7) is 0. The molecule has 9 heteroatoms. The third-order valence-electron chi connectivity index (χ3n) is 8.62. The Morgan fingerprint density at radius 1 is 0.905 bits per heavy atom. The highest BCUT2D eigenvalue weighted by Gasteiger charge is 2.68. The lowest BCUT2D eigenvalue weighted by Crippen LogP contribution is -2.54. The fourth-order valence-electron chi connectivity index (χ4n) is 7.03. The smallest absolute Gasteiger partial charge is 0.272 e. The third-order valence-corrected chi connectivity index (χ3v) is 9.17. The van der Waals surface area contributed by atoms with Crippen LogP contribution in [0.2, 0.25) is 10.0 Å². The van der Waals surface area contributed by atoms with Gasteiger partial charge in [0.15, 0.2) is 0 Å². The summed E-state index contributed by atoms with van der Waals surface area (Å²) >= 11 is 12.3. The molecule has 0 radical (unpaired) electrons. The molecule has 1 fully saturated rings. The van der Waals surface area contributed by atoms with E-state index < -0.39 is 23.2 Å². The van der Waals surface area contributed by atoms with Crippen LogP contribution in [0.1, 0.15) is 38.5 Å². The van der Waals surface area contributed by atoms with Crippen molar-refractivity contribution in [1.29, 1.82) is 0 Å². The minimum Gasteiger partial charge on any atom is -0.495 e. The van der Waals surface area contributed by atoms with Crippen LogP contribution in [0.15, 0.2) is 96.1 Å². The molecule has 0 aromatic heterocycles. The molecule has 1 N–H and O–H groups in total. The Balaban J connectivity index is 1.40. The van der Waals surface area contributed by atoms with Gasteiger partial charge < -0.3 is 4.74 Å². The number of carbonyl (C=O) groups is 3. The predicted molar refractivity (Wildman–Crippen MR) is 160 cm³/mol. The lowest BCUT2D eigenvalue weighted by molar-refractivity contribution is -0.122. The highest BCUT2D eigenvalue weighted by molar-refractivity contribution is 6.36. The maximum Gasteiger partial charge on any atom is 0.272 e. The Labute approximate surface area is 251 Å². The van der Waals surface area contributed by atoms with E-state index in [1.54, 1.807) is 36.5 Å². The Bertz CT molecular complexity index is 1790. The number of nitrogens with one attached hydrogen (secondary N) is 1. The molecule has 1 saturated heterocycles. The number of para-hydroxylation sites is 2. The van der Waals surface area contributed by atoms with Crippen LogP contribution in [-0.4, -0.2) is 31.0 Å². The number of nitrogens with zero attached hydrogens (tertiary/aromatic N) is 2. The van der Waals surface area contributed by atoms with Crippen LogP contribution in [0.5, 0.6) is 5.75 Å². The molecule has 1 heterocycles. The van der Waals surface area contributed by atoms with Crippen molar-refractivity contribution < 1.29 is 19.1 Å². The van der Waals surface area contributed by atoms with Gasteiger partial charge in [-0.1, -0.05) is 83.9 Å². The molecule has 2 atom stereocenters. The maximum absolute atomic E-state index is 14.5. The zero-order chi connectivity index (χ0) is 29.2. The summed E-state index contributed by atoms with van der Waals surface area (Å²) in [5.74, 6) is -2.55. The molecule has 208 valence electrons. The fourth-order valence-corrected chi connectivity index (χ4v) is 7.52. The molecule has 4 aromatic carbocycles. The first-order chi connectivity index (χ1) is 20.4. The highest BCUT2D eigenvalue weighted by atomic mass is 35.5. The van der Waals surface area contributed by atoms with Gasteiger partial charge in [-0.25, -0.2) is 10.3 Å². The van der Waals surface area contributed by atoms with Crippen LogP contribution >= 0.6 is 23.2 Å². The van der Waals surface area contributed by atoms with Gasteiger partial charge in [-0.2, -0.15) is 5.10 Å². The average Bonchev–Trinajstić information content (AvgIpc) is 3.27. The third kappa shape index (κ3) is 3.60. The topological polar surface area (TPSA) is 88.1 Å². The molecule has 2 bridgehead atoms. The largest absolute Gasteiger partial charge is 0.495 e. The summed E-state index contributed by atoms with van der Waals surface area (Å²) in [7, 11) is 1.51. The van der Waals surface area contributed by atoms with Crippen molar-refractivity contribution >= 4 is 52.8 Å². The van der Waals surface area contributed by atoms with Gasteiger partial charge in [0.2, 0.25) is 11.8 Å². The molecule has 7 nitrogen and oxygen atoms in total. The number of methoxy groups -OCH3 is 1. The van der Waals surface area contributed by atoms with Crippen molar-refractivity contribution in [1.82, 2.24) is 5.43 Å². The lowest BCUT2D eigenvalue weighted by atomic mass is 9.47. The van der Waals surface area contributed by atoms with E-state index in [-0.39, 0.29) is 28.3 Å². The van der Waals surface area contributed by atoms with Crippen molar-refractivity contribution in [2.75, 3.05) is 12.0 Å². The summed E-state index contributed by atoms with van der Waals surface area (Å²) in [5.41, 5.74) is 5.72. The number of ether oxygens (including phenoxy) is 1. The van der Waals surface area contributed by atoms with E-state index in [1.807, 2.05) is 48.5 Å². The predicted octanol–water partition coefficient (Wildman–Crippen LogP) is 5.97. The van der Waals surface area contributed by atoms with Crippen molar-refractivity contribution in [2.24, 2.45) is 16.9 Å². The number of amides is 3. The summed E-state index contributed by atoms with van der Waals surface area (Å²) in [5, 5.41) is 5.02. The van der Waals surface area contributed by atoms with Crippen LogP contribution in [0.4, 0.5) is 5.69 Å². The summed E-state index contributed by atoms with van der Waals surface area (Å²) in [6, 6.07) is 27.2. The second-order valence-electron chi connectivity index (χ2n) is 10.5. The van der Waals surface area contributed by atoms with Crippen LogP contribution < -0.4 is 15.1 Å². The molecule has 4 aliphatic rings. The molecule has 42 heavy (non-hydrogen) atoms. The number of hydrogen-bond acceptors (Lipinski definition) is 5. The minimum atomic E-state index is -1.13. The Kier molecular flexibility index (Phi) is 6.18. The standard InChI is InChI=1S/C33H23Cl2N3O4/c1-42-26-13-7-6-12-25(26)38-31(40)28-27-19-8-2-4-10-22(19)33(29(28)32(38)41,23-11-5-3-9-20(23)27)17-36-37-30(39)21-15-14-18(34)16-24(21)35/h2-17,27-29H,1H3,(H,37,39)/b36-17-/t27?,28-,29-,33?/m0/s1. The molecule has 3 amide bonds. The second-order valence-corrected chi connectivity index (χ2v) is 11.4. The van der Waals surface area contributed by atoms with E-state index in [0.717, 1.165) is 22.3 Å². The Hall–Kier alpha value is -4.46. The Morgan fingerprint density at radius 2 is 1.55 bits per heavy atom. The molecule has 8 rings (SSSR count). The maximum atomic E-state index is 14.5. The Morgan fingerprint density at radius 3 is 2.21 bits per heavy atom. The van der Waals surface area contributed by atoms with E-state index in [4.69, 9.17) is 27.9 Å². The van der Waals surface area contributed by atoms with Gasteiger partial charge in [0, 0.05) is 17.2 Å². The lowest BCUT2D eigenvalue weighted by Gasteiger charge is -2.52. The molecular weight excluding hydrogens is 573 g/mol. The van der Waals surface area contributed by atoms with Gasteiger partial charge in [0.25, 0.3) is 5.91 Å². The highest BCUT2D eigenvalue weighted by Crippen LogP contribution is 2.63. The van der Waals surface area contributed by atoms with Gasteiger partial charge in [0.1, 0.15) is 5.75 Å². The van der Waals surface area contributed by atoms with Gasteiger partial charge in [-0.15, -0.1) is 0 Å². The van der Waals surface area contributed by atoms with Crippen molar-refractivity contribution in [3.05, 3.63) is 129 Å². The average molecular weight is 596 g/mol. The second kappa shape index (κ2) is 9.82. The van der Waals surface area contributed by atoms with Crippen LogP contribution in [0.3, 0.4) is 0 Å².